The zero-order valence-corrected chi connectivity index (χ0v) is 15.7. The van der Waals surface area contributed by atoms with Crippen LogP contribution in [0.25, 0.3) is 27.9 Å². The zero-order chi connectivity index (χ0) is 20.1. The SMILES string of the molecule is COc1c(-c2cnn(C)n2)ccn2c(=O)c3nnc(NC(=O)C4CC4)cc3nc12. The molecule has 1 aliphatic carbocycles. The molecule has 4 aromatic heterocycles. The molecule has 11 nitrogen and oxygen atoms in total. The van der Waals surface area contributed by atoms with Gasteiger partial charge in [0.25, 0.3) is 5.56 Å². The molecular formula is C18H16N8O3. The summed E-state index contributed by atoms with van der Waals surface area (Å²) in [6, 6.07) is 3.25. The van der Waals surface area contributed by atoms with E-state index in [1.807, 2.05) is 0 Å². The topological polar surface area (TPSA) is 129 Å². The van der Waals surface area contributed by atoms with Crippen LogP contribution in [0, 0.1) is 5.92 Å². The largest absolute Gasteiger partial charge is 0.492 e. The Hall–Kier alpha value is -3.89. The average molecular weight is 392 g/mol. The van der Waals surface area contributed by atoms with Gasteiger partial charge in [0.2, 0.25) is 5.91 Å². The summed E-state index contributed by atoms with van der Waals surface area (Å²) in [6.45, 7) is 0. The van der Waals surface area contributed by atoms with Crippen molar-refractivity contribution >= 4 is 28.4 Å². The van der Waals surface area contributed by atoms with E-state index >= 15 is 0 Å². The molecule has 0 spiro atoms. The van der Waals surface area contributed by atoms with Gasteiger partial charge in [-0.2, -0.15) is 15.0 Å². The van der Waals surface area contributed by atoms with Gasteiger partial charge < -0.3 is 10.1 Å². The highest BCUT2D eigenvalue weighted by atomic mass is 16.5. The highest BCUT2D eigenvalue weighted by molar-refractivity contribution is 5.94. The average Bonchev–Trinajstić information content (AvgIpc) is 3.48. The van der Waals surface area contributed by atoms with Gasteiger partial charge in [-0.25, -0.2) is 4.98 Å². The fourth-order valence-electron chi connectivity index (χ4n) is 3.15. The summed E-state index contributed by atoms with van der Waals surface area (Å²) in [6.07, 6.45) is 4.93. The Labute approximate surface area is 163 Å². The first kappa shape index (κ1) is 17.2. The number of aromatic nitrogens is 7. The number of nitrogens with one attached hydrogen (secondary N) is 1. The molecule has 29 heavy (non-hydrogen) atoms. The van der Waals surface area contributed by atoms with Gasteiger partial charge in [0.15, 0.2) is 22.7 Å². The van der Waals surface area contributed by atoms with E-state index in [1.54, 1.807) is 31.6 Å². The smallest absolute Gasteiger partial charge is 0.286 e. The number of amides is 1. The maximum absolute atomic E-state index is 12.9. The summed E-state index contributed by atoms with van der Waals surface area (Å²) in [5.41, 5.74) is 1.57. The molecule has 11 heteroatoms. The molecule has 146 valence electrons. The number of methoxy groups -OCH3 is 1. The number of hydrogen-bond donors (Lipinski definition) is 1. The maximum atomic E-state index is 12.9. The van der Waals surface area contributed by atoms with Crippen LogP contribution < -0.4 is 15.6 Å². The van der Waals surface area contributed by atoms with Crippen LogP contribution in [-0.2, 0) is 11.8 Å². The molecule has 1 aliphatic rings. The summed E-state index contributed by atoms with van der Waals surface area (Å²) >= 11 is 0. The van der Waals surface area contributed by atoms with Gasteiger partial charge in [-0.1, -0.05) is 0 Å². The molecule has 4 aromatic rings. The van der Waals surface area contributed by atoms with Crippen molar-refractivity contribution in [1.29, 1.82) is 0 Å². The highest BCUT2D eigenvalue weighted by Crippen LogP contribution is 2.32. The lowest BCUT2D eigenvalue weighted by Gasteiger charge is -2.11. The minimum absolute atomic E-state index is 0.0253. The van der Waals surface area contributed by atoms with Crippen molar-refractivity contribution in [3.05, 3.63) is 34.9 Å². The third-order valence-electron chi connectivity index (χ3n) is 4.77. The molecule has 0 aromatic carbocycles. The Balaban J connectivity index is 1.70. The summed E-state index contributed by atoms with van der Waals surface area (Å²) in [5.74, 6) is 0.568. The van der Waals surface area contributed by atoms with Gasteiger partial charge in [0.1, 0.15) is 11.2 Å². The first-order chi connectivity index (χ1) is 14.0. The third-order valence-corrected chi connectivity index (χ3v) is 4.77. The summed E-state index contributed by atoms with van der Waals surface area (Å²) in [7, 11) is 3.21. The van der Waals surface area contributed by atoms with Gasteiger partial charge in [0.05, 0.1) is 18.9 Å². The summed E-state index contributed by atoms with van der Waals surface area (Å²) < 4.78 is 6.90. The quantitative estimate of drug-likeness (QED) is 0.505. The van der Waals surface area contributed by atoms with Crippen molar-refractivity contribution in [1.82, 2.24) is 34.6 Å². The van der Waals surface area contributed by atoms with E-state index in [1.165, 1.54) is 16.3 Å². The van der Waals surface area contributed by atoms with Crippen molar-refractivity contribution in [2.45, 2.75) is 12.8 Å². The molecule has 1 N–H and O–H groups in total. The predicted molar refractivity (Wildman–Crippen MR) is 102 cm³/mol. The van der Waals surface area contributed by atoms with Crippen molar-refractivity contribution in [3.8, 4) is 17.0 Å². The lowest BCUT2D eigenvalue weighted by Crippen LogP contribution is -2.19. The number of pyridine rings is 1. The number of anilines is 1. The monoisotopic (exact) mass is 392 g/mol. The molecule has 0 bridgehead atoms. The Kier molecular flexibility index (Phi) is 3.76. The molecular weight excluding hydrogens is 376 g/mol. The van der Waals surface area contributed by atoms with Crippen molar-refractivity contribution in [2.75, 3.05) is 12.4 Å². The fourth-order valence-corrected chi connectivity index (χ4v) is 3.15. The first-order valence-corrected chi connectivity index (χ1v) is 8.99. The Morgan fingerprint density at radius 1 is 1.31 bits per heavy atom. The molecule has 0 aliphatic heterocycles. The maximum Gasteiger partial charge on any atom is 0.286 e. The van der Waals surface area contributed by atoms with Crippen molar-refractivity contribution in [2.24, 2.45) is 13.0 Å². The van der Waals surface area contributed by atoms with Gasteiger partial charge in [0, 0.05) is 25.2 Å². The Morgan fingerprint density at radius 3 is 2.83 bits per heavy atom. The second kappa shape index (κ2) is 6.33. The van der Waals surface area contributed by atoms with Gasteiger partial charge in [-0.3, -0.25) is 14.0 Å². The van der Waals surface area contributed by atoms with Gasteiger partial charge in [-0.15, -0.1) is 10.2 Å². The number of ether oxygens (including phenoxy) is 1. The van der Waals surface area contributed by atoms with Gasteiger partial charge >= 0.3 is 0 Å². The van der Waals surface area contributed by atoms with Crippen LogP contribution in [0.4, 0.5) is 5.82 Å². The summed E-state index contributed by atoms with van der Waals surface area (Å²) in [5, 5.41) is 19.0. The number of carbonyl (C=O) groups is 1. The summed E-state index contributed by atoms with van der Waals surface area (Å²) in [4.78, 5) is 30.9. The van der Waals surface area contributed by atoms with E-state index in [0.717, 1.165) is 12.8 Å². The van der Waals surface area contributed by atoms with Crippen LogP contribution in [0.3, 0.4) is 0 Å². The molecule has 1 amide bonds. The van der Waals surface area contributed by atoms with Crippen LogP contribution >= 0.6 is 0 Å². The van der Waals surface area contributed by atoms with Crippen LogP contribution in [0.5, 0.6) is 5.75 Å². The Bertz CT molecular complexity index is 1340. The molecule has 0 atom stereocenters. The van der Waals surface area contributed by atoms with Crippen LogP contribution in [0.2, 0.25) is 0 Å². The normalized spacial score (nSPS) is 13.7. The zero-order valence-electron chi connectivity index (χ0n) is 15.7. The lowest BCUT2D eigenvalue weighted by atomic mass is 10.2. The van der Waals surface area contributed by atoms with Crippen molar-refractivity contribution < 1.29 is 9.53 Å². The standard InChI is InChI=1S/C18H16N8O3/c1-25-19-8-12(24-25)10-5-6-26-16(15(10)29-2)20-11-7-13(21-17(27)9-3-4-9)22-23-14(11)18(26)28/h5-9H,3-4H2,1-2H3,(H,21,22,27). The van der Waals surface area contributed by atoms with Crippen LogP contribution in [0.15, 0.2) is 29.3 Å². The number of aryl methyl sites for hydroxylation is 1. The fraction of sp³-hybridized carbons (Fsp3) is 0.278. The molecule has 5 rings (SSSR count). The first-order valence-electron chi connectivity index (χ1n) is 8.99. The Morgan fingerprint density at radius 2 is 2.14 bits per heavy atom. The van der Waals surface area contributed by atoms with E-state index in [2.05, 4.69) is 30.7 Å². The third kappa shape index (κ3) is 2.87. The molecule has 1 saturated carbocycles. The lowest BCUT2D eigenvalue weighted by molar-refractivity contribution is -0.117. The molecule has 0 unspecified atom stereocenters. The molecule has 4 heterocycles. The van der Waals surface area contributed by atoms with E-state index < -0.39 is 0 Å². The molecule has 0 saturated heterocycles. The van der Waals surface area contributed by atoms with Gasteiger partial charge in [-0.05, 0) is 18.9 Å². The predicted octanol–water partition coefficient (Wildman–Crippen LogP) is 0.790. The van der Waals surface area contributed by atoms with E-state index in [9.17, 15) is 9.59 Å². The van der Waals surface area contributed by atoms with E-state index in [-0.39, 0.29) is 28.7 Å². The van der Waals surface area contributed by atoms with Crippen molar-refractivity contribution in [3.63, 3.8) is 0 Å². The minimum Gasteiger partial charge on any atom is -0.492 e. The molecule has 0 radical (unpaired) electrons. The number of rotatable bonds is 4. The van der Waals surface area contributed by atoms with Crippen LogP contribution in [0.1, 0.15) is 12.8 Å². The molecule has 1 fully saturated rings. The second-order valence-corrected chi connectivity index (χ2v) is 6.82. The number of fused-ring (bicyclic) bond motifs is 2. The second-order valence-electron chi connectivity index (χ2n) is 6.82. The van der Waals surface area contributed by atoms with E-state index in [4.69, 9.17) is 4.74 Å². The minimum atomic E-state index is -0.387. The highest BCUT2D eigenvalue weighted by Gasteiger charge is 2.30. The van der Waals surface area contributed by atoms with Crippen LogP contribution in [-0.4, -0.2) is 47.6 Å². The van der Waals surface area contributed by atoms with E-state index in [0.29, 0.717) is 28.2 Å². The number of nitrogens with zero attached hydrogens (tertiary/aromatic N) is 7. The number of carbonyl (C=O) groups excluding carboxylic acids is 1. The number of hydrogen-bond acceptors (Lipinski definition) is 8.